The van der Waals surface area contributed by atoms with E-state index in [0.29, 0.717) is 22.8 Å². The molecule has 0 saturated heterocycles. The number of halogens is 1. The van der Waals surface area contributed by atoms with Crippen LogP contribution in [0.3, 0.4) is 0 Å². The van der Waals surface area contributed by atoms with Crippen LogP contribution < -0.4 is 5.73 Å². The van der Waals surface area contributed by atoms with Crippen LogP contribution in [0.4, 0.5) is 5.88 Å². The highest BCUT2D eigenvalue weighted by atomic mass is 35.5. The number of nitrogens with two attached hydrogens (primary N) is 1. The molecule has 0 unspecified atom stereocenters. The van der Waals surface area contributed by atoms with Crippen molar-refractivity contribution in [3.8, 4) is 17.4 Å². The fraction of sp³-hybridized carbons (Fsp3) is 0.105. The van der Waals surface area contributed by atoms with Crippen LogP contribution in [0.5, 0.6) is 0 Å². The van der Waals surface area contributed by atoms with Gasteiger partial charge in [-0.15, -0.1) is 0 Å². The van der Waals surface area contributed by atoms with E-state index in [0.717, 1.165) is 22.3 Å². The van der Waals surface area contributed by atoms with Gasteiger partial charge >= 0.3 is 0 Å². The highest BCUT2D eigenvalue weighted by Gasteiger charge is 2.20. The van der Waals surface area contributed by atoms with Crippen LogP contribution in [0.1, 0.15) is 22.3 Å². The second kappa shape index (κ2) is 6.20. The third-order valence-electron chi connectivity index (χ3n) is 3.75. The normalized spacial score (nSPS) is 10.5. The largest absolute Gasteiger partial charge is 0.439 e. The number of anilines is 1. The van der Waals surface area contributed by atoms with Crippen LogP contribution in [0, 0.1) is 18.3 Å². The Bertz CT molecular complexity index is 906. The van der Waals surface area contributed by atoms with Crippen LogP contribution in [0.2, 0.25) is 5.02 Å². The van der Waals surface area contributed by atoms with Crippen molar-refractivity contribution in [3.05, 3.63) is 75.8 Å². The topological polar surface area (TPSA) is 62.9 Å². The van der Waals surface area contributed by atoms with E-state index in [1.807, 2.05) is 55.5 Å². The molecule has 0 saturated carbocycles. The molecule has 1 aromatic heterocycles. The van der Waals surface area contributed by atoms with Gasteiger partial charge < -0.3 is 10.2 Å². The molecular formula is C19H15ClN2O. The summed E-state index contributed by atoms with van der Waals surface area (Å²) in [5, 5.41) is 10.1. The minimum absolute atomic E-state index is 0.144. The van der Waals surface area contributed by atoms with E-state index >= 15 is 0 Å². The summed E-state index contributed by atoms with van der Waals surface area (Å²) in [7, 11) is 0. The van der Waals surface area contributed by atoms with Gasteiger partial charge in [-0.1, -0.05) is 53.6 Å². The summed E-state index contributed by atoms with van der Waals surface area (Å²) in [5.74, 6) is 0.772. The van der Waals surface area contributed by atoms with Gasteiger partial charge in [-0.3, -0.25) is 0 Å². The van der Waals surface area contributed by atoms with Crippen LogP contribution in [0.25, 0.3) is 11.3 Å². The van der Waals surface area contributed by atoms with E-state index in [2.05, 4.69) is 6.07 Å². The quantitative estimate of drug-likeness (QED) is 0.741. The Labute approximate surface area is 139 Å². The van der Waals surface area contributed by atoms with Crippen molar-refractivity contribution in [3.63, 3.8) is 0 Å². The first-order chi connectivity index (χ1) is 11.1. The molecule has 0 spiro atoms. The first-order valence-corrected chi connectivity index (χ1v) is 7.59. The highest BCUT2D eigenvalue weighted by Crippen LogP contribution is 2.35. The van der Waals surface area contributed by atoms with Gasteiger partial charge in [0.25, 0.3) is 0 Å². The van der Waals surface area contributed by atoms with Gasteiger partial charge in [0, 0.05) is 22.6 Å². The van der Waals surface area contributed by atoms with Crippen LogP contribution in [-0.2, 0) is 6.42 Å². The van der Waals surface area contributed by atoms with E-state index in [1.54, 1.807) is 0 Å². The number of hydrogen-bond donors (Lipinski definition) is 1. The second-order valence-electron chi connectivity index (χ2n) is 5.40. The monoisotopic (exact) mass is 322 g/mol. The summed E-state index contributed by atoms with van der Waals surface area (Å²) < 4.78 is 5.70. The predicted octanol–water partition coefficient (Wildman–Crippen LogP) is 4.95. The Morgan fingerprint density at radius 2 is 1.96 bits per heavy atom. The third kappa shape index (κ3) is 2.94. The van der Waals surface area contributed by atoms with Crippen LogP contribution in [0.15, 0.2) is 52.9 Å². The maximum atomic E-state index is 9.44. The minimum atomic E-state index is 0.144. The fourth-order valence-electron chi connectivity index (χ4n) is 2.63. The third-order valence-corrected chi connectivity index (χ3v) is 4.12. The SMILES string of the molecule is Cc1cccc(-c2oc(N)c(C#N)c2Cc2ccccc2Cl)c1. The summed E-state index contributed by atoms with van der Waals surface area (Å²) in [6, 6.07) is 17.6. The zero-order valence-corrected chi connectivity index (χ0v) is 13.4. The van der Waals surface area contributed by atoms with Gasteiger partial charge in [0.2, 0.25) is 5.88 Å². The highest BCUT2D eigenvalue weighted by molar-refractivity contribution is 6.31. The summed E-state index contributed by atoms with van der Waals surface area (Å²) in [5.41, 5.74) is 9.99. The van der Waals surface area contributed by atoms with Crippen molar-refractivity contribution in [1.82, 2.24) is 0 Å². The van der Waals surface area contributed by atoms with Gasteiger partial charge in [0.15, 0.2) is 0 Å². The second-order valence-corrected chi connectivity index (χ2v) is 5.81. The van der Waals surface area contributed by atoms with Crippen molar-refractivity contribution in [1.29, 1.82) is 5.26 Å². The lowest BCUT2D eigenvalue weighted by Crippen LogP contribution is -1.94. The average Bonchev–Trinajstić information content (AvgIpc) is 2.85. The molecule has 0 aliphatic rings. The summed E-state index contributed by atoms with van der Waals surface area (Å²) in [6.45, 7) is 2.01. The molecule has 0 aliphatic heterocycles. The Kier molecular flexibility index (Phi) is 4.10. The zero-order valence-electron chi connectivity index (χ0n) is 12.6. The molecule has 3 rings (SSSR count). The van der Waals surface area contributed by atoms with E-state index in [4.69, 9.17) is 21.8 Å². The molecule has 0 fully saturated rings. The van der Waals surface area contributed by atoms with Crippen LogP contribution in [-0.4, -0.2) is 0 Å². The lowest BCUT2D eigenvalue weighted by atomic mass is 9.98. The van der Waals surface area contributed by atoms with E-state index in [-0.39, 0.29) is 5.88 Å². The van der Waals surface area contributed by atoms with Crippen LogP contribution >= 0.6 is 11.6 Å². The Balaban J connectivity index is 2.15. The number of furan rings is 1. The zero-order chi connectivity index (χ0) is 16.4. The van der Waals surface area contributed by atoms with Gasteiger partial charge in [-0.25, -0.2) is 0 Å². The number of nitrogens with zero attached hydrogens (tertiary/aromatic N) is 1. The standard InChI is InChI=1S/C19H15ClN2O/c1-12-5-4-7-14(9-12)18-15(16(11-21)19(22)23-18)10-13-6-2-3-8-17(13)20/h2-9H,10,22H2,1H3. The van der Waals surface area contributed by atoms with E-state index < -0.39 is 0 Å². The molecule has 114 valence electrons. The van der Waals surface area contributed by atoms with Gasteiger partial charge in [0.1, 0.15) is 17.4 Å². The van der Waals surface area contributed by atoms with E-state index in [1.165, 1.54) is 0 Å². The molecular weight excluding hydrogens is 308 g/mol. The van der Waals surface area contributed by atoms with Crippen molar-refractivity contribution >= 4 is 17.5 Å². The Hall–Kier alpha value is -2.70. The number of hydrogen-bond acceptors (Lipinski definition) is 3. The molecule has 0 aliphatic carbocycles. The molecule has 2 N–H and O–H groups in total. The van der Waals surface area contributed by atoms with Crippen molar-refractivity contribution < 1.29 is 4.42 Å². The summed E-state index contributed by atoms with van der Waals surface area (Å²) in [4.78, 5) is 0. The Morgan fingerprint density at radius 3 is 2.65 bits per heavy atom. The molecule has 0 amide bonds. The van der Waals surface area contributed by atoms with E-state index in [9.17, 15) is 5.26 Å². The summed E-state index contributed by atoms with van der Waals surface area (Å²) in [6.07, 6.45) is 0.493. The lowest BCUT2D eigenvalue weighted by Gasteiger charge is -2.06. The van der Waals surface area contributed by atoms with Crippen molar-refractivity contribution in [2.75, 3.05) is 5.73 Å². The minimum Gasteiger partial charge on any atom is -0.439 e. The predicted molar refractivity (Wildman–Crippen MR) is 92.3 cm³/mol. The Morgan fingerprint density at radius 1 is 1.17 bits per heavy atom. The average molecular weight is 323 g/mol. The number of nitriles is 1. The number of rotatable bonds is 3. The molecule has 1 heterocycles. The first-order valence-electron chi connectivity index (χ1n) is 7.22. The summed E-state index contributed by atoms with van der Waals surface area (Å²) >= 11 is 6.26. The molecule has 0 radical (unpaired) electrons. The number of aryl methyl sites for hydroxylation is 1. The molecule has 3 aromatic rings. The molecule has 2 aromatic carbocycles. The number of nitrogen functional groups attached to an aromatic ring is 1. The molecule has 4 heteroatoms. The van der Waals surface area contributed by atoms with Gasteiger partial charge in [-0.2, -0.15) is 5.26 Å². The smallest absolute Gasteiger partial charge is 0.209 e. The van der Waals surface area contributed by atoms with Gasteiger partial charge in [-0.05, 0) is 24.6 Å². The van der Waals surface area contributed by atoms with Crippen molar-refractivity contribution in [2.24, 2.45) is 0 Å². The fourth-order valence-corrected chi connectivity index (χ4v) is 2.83. The maximum Gasteiger partial charge on any atom is 0.209 e. The first kappa shape index (κ1) is 15.2. The molecule has 23 heavy (non-hydrogen) atoms. The molecule has 0 atom stereocenters. The molecule has 3 nitrogen and oxygen atoms in total. The lowest BCUT2D eigenvalue weighted by molar-refractivity contribution is 0.599. The molecule has 0 bridgehead atoms. The van der Waals surface area contributed by atoms with Gasteiger partial charge in [0.05, 0.1) is 0 Å². The maximum absolute atomic E-state index is 9.44. The number of benzene rings is 2. The van der Waals surface area contributed by atoms with Crippen molar-refractivity contribution in [2.45, 2.75) is 13.3 Å².